The lowest BCUT2D eigenvalue weighted by Gasteiger charge is -2.00. The summed E-state index contributed by atoms with van der Waals surface area (Å²) in [6, 6.07) is 1.27. The van der Waals surface area contributed by atoms with Crippen LogP contribution in [0.1, 0.15) is 50.4 Å². The third-order valence-electron chi connectivity index (χ3n) is 3.16. The van der Waals surface area contributed by atoms with Gasteiger partial charge in [-0.1, -0.05) is 13.8 Å². The van der Waals surface area contributed by atoms with Gasteiger partial charge in [0.25, 0.3) is 5.91 Å². The van der Waals surface area contributed by atoms with E-state index in [1.807, 2.05) is 6.20 Å². The summed E-state index contributed by atoms with van der Waals surface area (Å²) in [5.41, 5.74) is 0.0418. The van der Waals surface area contributed by atoms with Gasteiger partial charge in [-0.2, -0.15) is 0 Å². The number of hydrogen-bond acceptors (Lipinski definition) is 5. The van der Waals surface area contributed by atoms with Crippen molar-refractivity contribution in [2.75, 3.05) is 6.54 Å². The number of nitrogens with one attached hydrogen (secondary N) is 1. The van der Waals surface area contributed by atoms with E-state index in [1.54, 1.807) is 18.3 Å². The third-order valence-corrected chi connectivity index (χ3v) is 4.36. The zero-order valence-corrected chi connectivity index (χ0v) is 13.3. The Labute approximate surface area is 132 Å². The van der Waals surface area contributed by atoms with Gasteiger partial charge in [-0.05, 0) is 6.42 Å². The highest BCUT2D eigenvalue weighted by atomic mass is 32.1. The van der Waals surface area contributed by atoms with Crippen LogP contribution in [0, 0.1) is 0 Å². The molecule has 0 unspecified atom stereocenters. The fourth-order valence-electron chi connectivity index (χ4n) is 1.98. The molecule has 0 bridgehead atoms. The monoisotopic (exact) mass is 322 g/mol. The van der Waals surface area contributed by atoms with Crippen LogP contribution in [0.15, 0.2) is 16.7 Å². The molecule has 0 saturated heterocycles. The maximum Gasteiger partial charge on any atom is 0.339 e. The molecule has 0 atom stereocenters. The fourth-order valence-corrected chi connectivity index (χ4v) is 2.84. The van der Waals surface area contributed by atoms with Crippen molar-refractivity contribution < 1.29 is 19.1 Å². The second-order valence-electron chi connectivity index (χ2n) is 4.69. The number of hydrogen-bond donors (Lipinski definition) is 2. The zero-order valence-electron chi connectivity index (χ0n) is 12.5. The quantitative estimate of drug-likeness (QED) is 0.817. The van der Waals surface area contributed by atoms with Crippen molar-refractivity contribution in [2.45, 2.75) is 33.1 Å². The Hall–Kier alpha value is -2.15. The highest BCUT2D eigenvalue weighted by molar-refractivity contribution is 7.11. The van der Waals surface area contributed by atoms with Crippen molar-refractivity contribution >= 4 is 23.2 Å². The first-order valence-corrected chi connectivity index (χ1v) is 7.94. The van der Waals surface area contributed by atoms with Crippen LogP contribution in [0.3, 0.4) is 0 Å². The Morgan fingerprint density at radius 1 is 1.36 bits per heavy atom. The van der Waals surface area contributed by atoms with E-state index < -0.39 is 11.9 Å². The summed E-state index contributed by atoms with van der Waals surface area (Å²) < 4.78 is 5.31. The average Bonchev–Trinajstić information content (AvgIpc) is 3.13. The molecule has 2 rings (SSSR count). The van der Waals surface area contributed by atoms with Gasteiger partial charge in [0.05, 0.1) is 5.01 Å². The van der Waals surface area contributed by atoms with Crippen LogP contribution in [0.2, 0.25) is 0 Å². The molecule has 0 saturated carbocycles. The fraction of sp³-hybridized carbons (Fsp3) is 0.400. The number of thiazole rings is 1. The Morgan fingerprint density at radius 3 is 2.68 bits per heavy atom. The second kappa shape index (κ2) is 7.22. The van der Waals surface area contributed by atoms with Gasteiger partial charge in [-0.3, -0.25) is 4.79 Å². The van der Waals surface area contributed by atoms with Crippen LogP contribution in [0.5, 0.6) is 0 Å². The largest absolute Gasteiger partial charge is 0.478 e. The smallest absolute Gasteiger partial charge is 0.339 e. The standard InChI is InChI=1S/C15H18N2O4S/c1-3-9-8-17-13(22-9)5-6-16-14(18)12-7-10(15(19)20)11(4-2)21-12/h7-8H,3-6H2,1-2H3,(H,16,18)(H,19,20). The molecule has 2 heterocycles. The van der Waals surface area contributed by atoms with E-state index >= 15 is 0 Å². The molecular weight excluding hydrogens is 304 g/mol. The lowest BCUT2D eigenvalue weighted by atomic mass is 10.2. The maximum atomic E-state index is 12.0. The number of carbonyl (C=O) groups excluding carboxylic acids is 1. The second-order valence-corrected chi connectivity index (χ2v) is 5.89. The molecule has 2 aromatic heterocycles. The molecule has 118 valence electrons. The summed E-state index contributed by atoms with van der Waals surface area (Å²) in [7, 11) is 0. The Bertz CT molecular complexity index is 675. The van der Waals surface area contributed by atoms with E-state index in [1.165, 1.54) is 10.9 Å². The van der Waals surface area contributed by atoms with E-state index in [9.17, 15) is 9.59 Å². The lowest BCUT2D eigenvalue weighted by molar-refractivity contribution is 0.0694. The molecule has 0 radical (unpaired) electrons. The minimum absolute atomic E-state index is 0.0302. The number of amides is 1. The molecule has 2 N–H and O–H groups in total. The SMILES string of the molecule is CCc1cnc(CCNC(=O)c2cc(C(=O)O)c(CC)o2)s1. The summed E-state index contributed by atoms with van der Waals surface area (Å²) in [5.74, 6) is -1.16. The molecule has 22 heavy (non-hydrogen) atoms. The number of carboxylic acids is 1. The molecule has 0 aliphatic heterocycles. The van der Waals surface area contributed by atoms with Crippen molar-refractivity contribution in [1.82, 2.24) is 10.3 Å². The number of aromatic carboxylic acids is 1. The number of aryl methyl sites for hydroxylation is 2. The van der Waals surface area contributed by atoms with E-state index in [0.717, 1.165) is 11.4 Å². The maximum absolute atomic E-state index is 12.0. The van der Waals surface area contributed by atoms with Crippen LogP contribution in [-0.4, -0.2) is 28.5 Å². The van der Waals surface area contributed by atoms with Gasteiger partial charge in [0, 0.05) is 36.5 Å². The van der Waals surface area contributed by atoms with Crippen LogP contribution in [0.25, 0.3) is 0 Å². The van der Waals surface area contributed by atoms with Crippen LogP contribution >= 0.6 is 11.3 Å². The first kappa shape index (κ1) is 16.2. The van der Waals surface area contributed by atoms with E-state index in [4.69, 9.17) is 9.52 Å². The number of carbonyl (C=O) groups is 2. The third kappa shape index (κ3) is 3.73. The molecule has 1 amide bonds. The Balaban J connectivity index is 1.93. The number of nitrogens with zero attached hydrogens (tertiary/aromatic N) is 1. The summed E-state index contributed by atoms with van der Waals surface area (Å²) in [6.45, 7) is 4.28. The van der Waals surface area contributed by atoms with Gasteiger partial charge in [0.1, 0.15) is 11.3 Å². The number of aromatic nitrogens is 1. The molecule has 0 aromatic carbocycles. The summed E-state index contributed by atoms with van der Waals surface area (Å²) in [4.78, 5) is 28.5. The predicted molar refractivity (Wildman–Crippen MR) is 82.6 cm³/mol. The van der Waals surface area contributed by atoms with Crippen LogP contribution in [-0.2, 0) is 19.3 Å². The highest BCUT2D eigenvalue weighted by Gasteiger charge is 2.19. The summed E-state index contributed by atoms with van der Waals surface area (Å²) in [6.07, 6.45) is 3.87. The highest BCUT2D eigenvalue weighted by Crippen LogP contribution is 2.17. The van der Waals surface area contributed by atoms with Crippen molar-refractivity contribution in [3.8, 4) is 0 Å². The van der Waals surface area contributed by atoms with Gasteiger partial charge in [0.2, 0.25) is 0 Å². The summed E-state index contributed by atoms with van der Waals surface area (Å²) in [5, 5.41) is 12.7. The molecule has 6 nitrogen and oxygen atoms in total. The Kier molecular flexibility index (Phi) is 5.32. The normalized spacial score (nSPS) is 10.6. The van der Waals surface area contributed by atoms with Gasteiger partial charge in [-0.15, -0.1) is 11.3 Å². The molecule has 0 fully saturated rings. The first-order valence-electron chi connectivity index (χ1n) is 7.12. The topological polar surface area (TPSA) is 92.4 Å². The summed E-state index contributed by atoms with van der Waals surface area (Å²) >= 11 is 1.63. The lowest BCUT2D eigenvalue weighted by Crippen LogP contribution is -2.25. The van der Waals surface area contributed by atoms with Crippen LogP contribution in [0.4, 0.5) is 0 Å². The minimum atomic E-state index is -1.09. The molecule has 0 aliphatic carbocycles. The van der Waals surface area contributed by atoms with E-state index in [0.29, 0.717) is 25.1 Å². The van der Waals surface area contributed by atoms with Crippen LogP contribution < -0.4 is 5.32 Å². The zero-order chi connectivity index (χ0) is 16.1. The van der Waals surface area contributed by atoms with E-state index in [2.05, 4.69) is 17.2 Å². The minimum Gasteiger partial charge on any atom is -0.478 e. The average molecular weight is 322 g/mol. The molecule has 2 aromatic rings. The van der Waals surface area contributed by atoms with Gasteiger partial charge < -0.3 is 14.8 Å². The van der Waals surface area contributed by atoms with Crippen molar-refractivity contribution in [1.29, 1.82) is 0 Å². The number of carboxylic acid groups (broad SMARTS) is 1. The predicted octanol–water partition coefficient (Wildman–Crippen LogP) is 2.53. The van der Waals surface area contributed by atoms with Gasteiger partial charge in [0.15, 0.2) is 5.76 Å². The Morgan fingerprint density at radius 2 is 2.14 bits per heavy atom. The molecule has 0 aliphatic rings. The van der Waals surface area contributed by atoms with Gasteiger partial charge in [-0.25, -0.2) is 9.78 Å². The van der Waals surface area contributed by atoms with Crippen molar-refractivity contribution in [3.63, 3.8) is 0 Å². The van der Waals surface area contributed by atoms with Crippen molar-refractivity contribution in [2.24, 2.45) is 0 Å². The molecular formula is C15H18N2O4S. The molecule has 7 heteroatoms. The molecule has 0 spiro atoms. The van der Waals surface area contributed by atoms with Gasteiger partial charge >= 0.3 is 5.97 Å². The number of rotatable bonds is 7. The van der Waals surface area contributed by atoms with Crippen molar-refractivity contribution in [3.05, 3.63) is 39.2 Å². The first-order chi connectivity index (χ1) is 10.5. The number of furan rings is 1. The van der Waals surface area contributed by atoms with E-state index in [-0.39, 0.29) is 11.3 Å².